The van der Waals surface area contributed by atoms with Crippen LogP contribution in [0, 0.1) is 12.3 Å². The Kier molecular flexibility index (Phi) is 5.35. The molecule has 1 atom stereocenters. The standard InChI is InChI=1S/C13H17NO/c1-3-4-8-12(14-2)11-15-13-9-6-5-7-10-13/h1,5-7,9-10,12,14H,4,8,11H2,2H3. The molecule has 1 rings (SSSR count). The van der Waals surface area contributed by atoms with Gasteiger partial charge in [0, 0.05) is 12.5 Å². The van der Waals surface area contributed by atoms with E-state index >= 15 is 0 Å². The van der Waals surface area contributed by atoms with E-state index in [9.17, 15) is 0 Å². The topological polar surface area (TPSA) is 21.3 Å². The molecular weight excluding hydrogens is 186 g/mol. The van der Waals surface area contributed by atoms with E-state index in [1.165, 1.54) is 0 Å². The summed E-state index contributed by atoms with van der Waals surface area (Å²) in [5, 5.41) is 3.19. The van der Waals surface area contributed by atoms with Crippen LogP contribution < -0.4 is 10.1 Å². The molecule has 0 aromatic heterocycles. The normalized spacial score (nSPS) is 11.7. The first-order valence-corrected chi connectivity index (χ1v) is 5.15. The number of nitrogens with one attached hydrogen (secondary N) is 1. The predicted molar refractivity (Wildman–Crippen MR) is 62.9 cm³/mol. The first kappa shape index (κ1) is 11.6. The average molecular weight is 203 g/mol. The highest BCUT2D eigenvalue weighted by Crippen LogP contribution is 2.09. The second-order valence-corrected chi connectivity index (χ2v) is 3.35. The number of benzene rings is 1. The minimum absolute atomic E-state index is 0.321. The molecule has 0 aliphatic carbocycles. The number of para-hydroxylation sites is 1. The van der Waals surface area contributed by atoms with Crippen LogP contribution in [-0.2, 0) is 0 Å². The van der Waals surface area contributed by atoms with E-state index in [2.05, 4.69) is 11.2 Å². The fourth-order valence-corrected chi connectivity index (χ4v) is 1.28. The van der Waals surface area contributed by atoms with E-state index in [1.807, 2.05) is 37.4 Å². The summed E-state index contributed by atoms with van der Waals surface area (Å²) in [6.07, 6.45) is 6.95. The van der Waals surface area contributed by atoms with Crippen molar-refractivity contribution in [3.63, 3.8) is 0 Å². The molecule has 0 amide bonds. The lowest BCUT2D eigenvalue weighted by atomic mass is 10.2. The summed E-state index contributed by atoms with van der Waals surface area (Å²) in [7, 11) is 1.93. The van der Waals surface area contributed by atoms with Crippen molar-refractivity contribution in [2.24, 2.45) is 0 Å². The van der Waals surface area contributed by atoms with Crippen molar-refractivity contribution in [3.8, 4) is 18.1 Å². The molecule has 0 heterocycles. The number of ether oxygens (including phenoxy) is 1. The van der Waals surface area contributed by atoms with Crippen molar-refractivity contribution in [2.45, 2.75) is 18.9 Å². The average Bonchev–Trinajstić information content (AvgIpc) is 2.31. The van der Waals surface area contributed by atoms with E-state index in [1.54, 1.807) is 0 Å². The molecular formula is C13H17NO. The number of rotatable bonds is 6. The van der Waals surface area contributed by atoms with Gasteiger partial charge < -0.3 is 10.1 Å². The maximum atomic E-state index is 5.62. The molecule has 1 aromatic rings. The molecule has 0 fully saturated rings. The third-order valence-corrected chi connectivity index (χ3v) is 2.24. The Hall–Kier alpha value is -1.46. The van der Waals surface area contributed by atoms with Gasteiger partial charge in [-0.05, 0) is 25.6 Å². The Morgan fingerprint density at radius 3 is 2.73 bits per heavy atom. The molecule has 2 nitrogen and oxygen atoms in total. The van der Waals surface area contributed by atoms with Crippen LogP contribution in [0.1, 0.15) is 12.8 Å². The maximum absolute atomic E-state index is 5.62. The second kappa shape index (κ2) is 6.92. The summed E-state index contributed by atoms with van der Waals surface area (Å²) in [5.41, 5.74) is 0. The van der Waals surface area contributed by atoms with Crippen LogP contribution in [0.2, 0.25) is 0 Å². The van der Waals surface area contributed by atoms with Crippen molar-refractivity contribution in [1.82, 2.24) is 5.32 Å². The molecule has 0 saturated carbocycles. The Balaban J connectivity index is 2.31. The number of likely N-dealkylation sites (N-methyl/N-ethyl adjacent to an activating group) is 1. The van der Waals surface area contributed by atoms with Gasteiger partial charge in [0.05, 0.1) is 0 Å². The minimum Gasteiger partial charge on any atom is -0.492 e. The quantitative estimate of drug-likeness (QED) is 0.715. The summed E-state index contributed by atoms with van der Waals surface area (Å²) in [5.74, 6) is 3.54. The van der Waals surface area contributed by atoms with Crippen LogP contribution in [0.3, 0.4) is 0 Å². The minimum atomic E-state index is 0.321. The third kappa shape index (κ3) is 4.53. The molecule has 0 spiro atoms. The summed E-state index contributed by atoms with van der Waals surface area (Å²) >= 11 is 0. The summed E-state index contributed by atoms with van der Waals surface area (Å²) in [4.78, 5) is 0. The van der Waals surface area contributed by atoms with E-state index in [0.717, 1.165) is 18.6 Å². The van der Waals surface area contributed by atoms with Crippen LogP contribution in [-0.4, -0.2) is 19.7 Å². The number of hydrogen-bond acceptors (Lipinski definition) is 2. The van der Waals surface area contributed by atoms with Crippen LogP contribution in [0.5, 0.6) is 5.75 Å². The summed E-state index contributed by atoms with van der Waals surface area (Å²) < 4.78 is 5.62. The fourth-order valence-electron chi connectivity index (χ4n) is 1.28. The molecule has 0 aliphatic heterocycles. The van der Waals surface area contributed by atoms with Crippen molar-refractivity contribution in [1.29, 1.82) is 0 Å². The van der Waals surface area contributed by atoms with Gasteiger partial charge in [-0.2, -0.15) is 0 Å². The van der Waals surface area contributed by atoms with Gasteiger partial charge in [0.1, 0.15) is 12.4 Å². The lowest BCUT2D eigenvalue weighted by Crippen LogP contribution is -2.31. The highest BCUT2D eigenvalue weighted by atomic mass is 16.5. The summed E-state index contributed by atoms with van der Waals surface area (Å²) in [6, 6.07) is 10.1. The maximum Gasteiger partial charge on any atom is 0.119 e. The van der Waals surface area contributed by atoms with Crippen LogP contribution in [0.4, 0.5) is 0 Å². The van der Waals surface area contributed by atoms with Gasteiger partial charge in [-0.1, -0.05) is 18.2 Å². The zero-order chi connectivity index (χ0) is 10.9. The zero-order valence-corrected chi connectivity index (χ0v) is 9.07. The zero-order valence-electron chi connectivity index (χ0n) is 9.07. The van der Waals surface area contributed by atoms with Crippen molar-refractivity contribution in [3.05, 3.63) is 30.3 Å². The second-order valence-electron chi connectivity index (χ2n) is 3.35. The summed E-state index contributed by atoms with van der Waals surface area (Å²) in [6.45, 7) is 0.655. The first-order chi connectivity index (χ1) is 7.36. The predicted octanol–water partition coefficient (Wildman–Crippen LogP) is 2.07. The lowest BCUT2D eigenvalue weighted by Gasteiger charge is -2.15. The van der Waals surface area contributed by atoms with E-state index in [-0.39, 0.29) is 0 Å². The monoisotopic (exact) mass is 203 g/mol. The highest BCUT2D eigenvalue weighted by Gasteiger charge is 2.05. The van der Waals surface area contributed by atoms with Gasteiger partial charge in [-0.3, -0.25) is 0 Å². The molecule has 1 unspecified atom stereocenters. The molecule has 0 aliphatic rings. The van der Waals surface area contributed by atoms with Crippen molar-refractivity contribution in [2.75, 3.05) is 13.7 Å². The van der Waals surface area contributed by atoms with Crippen molar-refractivity contribution >= 4 is 0 Å². The third-order valence-electron chi connectivity index (χ3n) is 2.24. The highest BCUT2D eigenvalue weighted by molar-refractivity contribution is 5.20. The molecule has 0 radical (unpaired) electrons. The van der Waals surface area contributed by atoms with E-state index in [0.29, 0.717) is 12.6 Å². The Morgan fingerprint density at radius 1 is 1.40 bits per heavy atom. The molecule has 2 heteroatoms. The largest absolute Gasteiger partial charge is 0.492 e. The SMILES string of the molecule is C#CCCC(COc1ccccc1)NC. The fraction of sp³-hybridized carbons (Fsp3) is 0.385. The van der Waals surface area contributed by atoms with Gasteiger partial charge >= 0.3 is 0 Å². The Labute approximate surface area is 91.6 Å². The number of terminal acetylenes is 1. The van der Waals surface area contributed by atoms with Crippen LogP contribution in [0.25, 0.3) is 0 Å². The van der Waals surface area contributed by atoms with Crippen molar-refractivity contribution < 1.29 is 4.74 Å². The molecule has 1 N–H and O–H groups in total. The van der Waals surface area contributed by atoms with E-state index in [4.69, 9.17) is 11.2 Å². The Bertz CT molecular complexity index is 302. The number of hydrogen-bond donors (Lipinski definition) is 1. The van der Waals surface area contributed by atoms with Gasteiger partial charge in [0.25, 0.3) is 0 Å². The van der Waals surface area contributed by atoms with Gasteiger partial charge in [0.2, 0.25) is 0 Å². The van der Waals surface area contributed by atoms with Gasteiger partial charge in [-0.15, -0.1) is 12.3 Å². The molecule has 0 bridgehead atoms. The lowest BCUT2D eigenvalue weighted by molar-refractivity contribution is 0.264. The smallest absolute Gasteiger partial charge is 0.119 e. The molecule has 15 heavy (non-hydrogen) atoms. The molecule has 0 saturated heterocycles. The van der Waals surface area contributed by atoms with Gasteiger partial charge in [-0.25, -0.2) is 0 Å². The molecule has 1 aromatic carbocycles. The van der Waals surface area contributed by atoms with Gasteiger partial charge in [0.15, 0.2) is 0 Å². The Morgan fingerprint density at radius 2 is 2.13 bits per heavy atom. The molecule has 80 valence electrons. The van der Waals surface area contributed by atoms with E-state index < -0.39 is 0 Å². The van der Waals surface area contributed by atoms with Crippen LogP contribution >= 0.6 is 0 Å². The van der Waals surface area contributed by atoms with Crippen LogP contribution in [0.15, 0.2) is 30.3 Å². The first-order valence-electron chi connectivity index (χ1n) is 5.15.